The van der Waals surface area contributed by atoms with E-state index in [1.54, 1.807) is 26.4 Å². The number of rotatable bonds is 9. The molecule has 1 N–H and O–H groups in total. The molecule has 0 aliphatic carbocycles. The quantitative estimate of drug-likeness (QED) is 0.606. The van der Waals surface area contributed by atoms with Crippen LogP contribution in [0, 0.1) is 11.3 Å². The fraction of sp³-hybridized carbons (Fsp3) is 0.462. The van der Waals surface area contributed by atoms with Crippen LogP contribution in [0.25, 0.3) is 0 Å². The molecule has 8 nitrogen and oxygen atoms in total. The Balaban J connectivity index is 1.21. The zero-order valence-electron chi connectivity index (χ0n) is 19.8. The highest BCUT2D eigenvalue weighted by molar-refractivity contribution is 5.78. The van der Waals surface area contributed by atoms with Gasteiger partial charge in [-0.1, -0.05) is 18.2 Å². The van der Waals surface area contributed by atoms with Gasteiger partial charge in [-0.25, -0.2) is 0 Å². The van der Waals surface area contributed by atoms with E-state index in [4.69, 9.17) is 19.5 Å². The molecule has 1 amide bonds. The highest BCUT2D eigenvalue weighted by Gasteiger charge is 2.35. The summed E-state index contributed by atoms with van der Waals surface area (Å²) >= 11 is 0. The minimum absolute atomic E-state index is 0.00893. The minimum atomic E-state index is 0.00893. The average molecular weight is 465 g/mol. The highest BCUT2D eigenvalue weighted by atomic mass is 16.5. The summed E-state index contributed by atoms with van der Waals surface area (Å²) in [6.07, 6.45) is 1.16. The second-order valence-electron chi connectivity index (χ2n) is 8.86. The molecule has 2 aliphatic heterocycles. The fourth-order valence-electron chi connectivity index (χ4n) is 4.65. The van der Waals surface area contributed by atoms with Gasteiger partial charge >= 0.3 is 0 Å². The molecular weight excluding hydrogens is 432 g/mol. The molecule has 8 heteroatoms. The molecule has 2 aromatic carbocycles. The van der Waals surface area contributed by atoms with E-state index in [0.29, 0.717) is 18.7 Å². The molecule has 2 fully saturated rings. The number of benzene rings is 2. The van der Waals surface area contributed by atoms with E-state index in [-0.39, 0.29) is 18.1 Å². The predicted octanol–water partition coefficient (Wildman–Crippen LogP) is 1.82. The van der Waals surface area contributed by atoms with Crippen LogP contribution in [0.1, 0.15) is 16.7 Å². The number of nitriles is 1. The van der Waals surface area contributed by atoms with Crippen LogP contribution in [0.5, 0.6) is 11.5 Å². The van der Waals surface area contributed by atoms with E-state index in [2.05, 4.69) is 27.3 Å². The van der Waals surface area contributed by atoms with Crippen LogP contribution in [0.3, 0.4) is 0 Å². The van der Waals surface area contributed by atoms with Crippen molar-refractivity contribution in [2.24, 2.45) is 0 Å². The molecule has 0 saturated carbocycles. The highest BCUT2D eigenvalue weighted by Crippen LogP contribution is 2.28. The van der Waals surface area contributed by atoms with Crippen molar-refractivity contribution in [3.63, 3.8) is 0 Å². The van der Waals surface area contributed by atoms with Crippen molar-refractivity contribution < 1.29 is 19.0 Å². The molecule has 2 saturated heterocycles. The SMILES string of the molecule is COc1ccc(CCN2CC3CN(CC(=O)NCc4ccc(C#N)cc4)CC(C2)O3)cc1OC. The van der Waals surface area contributed by atoms with Gasteiger partial charge in [-0.3, -0.25) is 14.6 Å². The molecule has 0 spiro atoms. The molecule has 0 aromatic heterocycles. The maximum Gasteiger partial charge on any atom is 0.234 e. The Labute approximate surface area is 201 Å². The Bertz CT molecular complexity index is 1010. The van der Waals surface area contributed by atoms with E-state index in [1.807, 2.05) is 24.3 Å². The third-order valence-corrected chi connectivity index (χ3v) is 6.34. The molecule has 180 valence electrons. The normalized spacial score (nSPS) is 20.4. The van der Waals surface area contributed by atoms with E-state index < -0.39 is 0 Å². The maximum atomic E-state index is 12.5. The number of carbonyl (C=O) groups excluding carboxylic acids is 1. The molecule has 2 heterocycles. The van der Waals surface area contributed by atoms with Gasteiger partial charge in [0.05, 0.1) is 44.6 Å². The Morgan fingerprint density at radius 2 is 1.65 bits per heavy atom. The predicted molar refractivity (Wildman–Crippen MR) is 128 cm³/mol. The van der Waals surface area contributed by atoms with Crippen molar-refractivity contribution >= 4 is 5.91 Å². The number of hydrogen-bond donors (Lipinski definition) is 1. The third-order valence-electron chi connectivity index (χ3n) is 6.34. The average Bonchev–Trinajstić information content (AvgIpc) is 2.85. The Morgan fingerprint density at radius 3 is 2.29 bits per heavy atom. The lowest BCUT2D eigenvalue weighted by atomic mass is 10.1. The maximum absolute atomic E-state index is 12.5. The number of nitrogens with zero attached hydrogens (tertiary/aromatic N) is 3. The van der Waals surface area contributed by atoms with Gasteiger partial charge in [0.1, 0.15) is 0 Å². The van der Waals surface area contributed by atoms with Crippen LogP contribution >= 0.6 is 0 Å². The number of morpholine rings is 2. The van der Waals surface area contributed by atoms with E-state index >= 15 is 0 Å². The summed E-state index contributed by atoms with van der Waals surface area (Å²) in [5, 5.41) is 11.9. The summed E-state index contributed by atoms with van der Waals surface area (Å²) in [5.41, 5.74) is 2.82. The summed E-state index contributed by atoms with van der Waals surface area (Å²) in [4.78, 5) is 17.1. The lowest BCUT2D eigenvalue weighted by molar-refractivity contribution is -0.144. The van der Waals surface area contributed by atoms with Gasteiger partial charge in [0.25, 0.3) is 0 Å². The second-order valence-corrected chi connectivity index (χ2v) is 8.86. The van der Waals surface area contributed by atoms with Crippen LogP contribution in [0.4, 0.5) is 0 Å². The third kappa shape index (κ3) is 6.26. The Morgan fingerprint density at radius 1 is 1.00 bits per heavy atom. The van der Waals surface area contributed by atoms with Crippen LogP contribution in [-0.4, -0.2) is 81.4 Å². The number of nitrogens with one attached hydrogen (secondary N) is 1. The molecule has 2 aliphatic rings. The molecule has 2 atom stereocenters. The second kappa shape index (κ2) is 11.3. The molecule has 2 bridgehead atoms. The van der Waals surface area contributed by atoms with Crippen molar-refractivity contribution in [1.82, 2.24) is 15.1 Å². The summed E-state index contributed by atoms with van der Waals surface area (Å²) in [5.74, 6) is 1.51. The van der Waals surface area contributed by atoms with E-state index in [9.17, 15) is 4.79 Å². The lowest BCUT2D eigenvalue weighted by Gasteiger charge is -2.45. The summed E-state index contributed by atoms with van der Waals surface area (Å²) < 4.78 is 16.9. The van der Waals surface area contributed by atoms with Crippen LogP contribution in [0.2, 0.25) is 0 Å². The van der Waals surface area contributed by atoms with Crippen molar-refractivity contribution in [3.8, 4) is 17.6 Å². The van der Waals surface area contributed by atoms with Gasteiger partial charge in [0.2, 0.25) is 5.91 Å². The molecule has 34 heavy (non-hydrogen) atoms. The largest absolute Gasteiger partial charge is 0.493 e. The van der Waals surface area contributed by atoms with Gasteiger partial charge in [-0.05, 0) is 41.8 Å². The van der Waals surface area contributed by atoms with Crippen LogP contribution in [-0.2, 0) is 22.5 Å². The van der Waals surface area contributed by atoms with Crippen molar-refractivity contribution in [1.29, 1.82) is 5.26 Å². The minimum Gasteiger partial charge on any atom is -0.493 e. The number of carbonyl (C=O) groups is 1. The van der Waals surface area contributed by atoms with Gasteiger partial charge in [-0.15, -0.1) is 0 Å². The monoisotopic (exact) mass is 464 g/mol. The first-order valence-corrected chi connectivity index (χ1v) is 11.6. The zero-order chi connectivity index (χ0) is 23.9. The molecule has 2 aromatic rings. The number of hydrogen-bond acceptors (Lipinski definition) is 7. The first kappa shape index (κ1) is 24.0. The summed E-state index contributed by atoms with van der Waals surface area (Å²) in [7, 11) is 3.30. The summed E-state index contributed by atoms with van der Waals surface area (Å²) in [6, 6.07) is 15.4. The van der Waals surface area contributed by atoms with Crippen LogP contribution in [0.15, 0.2) is 42.5 Å². The molecular formula is C26H32N4O4. The fourth-order valence-corrected chi connectivity index (χ4v) is 4.65. The van der Waals surface area contributed by atoms with Gasteiger partial charge in [0.15, 0.2) is 11.5 Å². The van der Waals surface area contributed by atoms with Crippen molar-refractivity contribution in [2.45, 2.75) is 25.2 Å². The van der Waals surface area contributed by atoms with Gasteiger partial charge in [-0.2, -0.15) is 5.26 Å². The van der Waals surface area contributed by atoms with Crippen LogP contribution < -0.4 is 14.8 Å². The summed E-state index contributed by atoms with van der Waals surface area (Å²) in [6.45, 7) is 5.04. The molecule has 0 radical (unpaired) electrons. The van der Waals surface area contributed by atoms with E-state index in [1.165, 1.54) is 5.56 Å². The smallest absolute Gasteiger partial charge is 0.234 e. The Hall–Kier alpha value is -3.12. The number of amides is 1. The number of ether oxygens (including phenoxy) is 3. The molecule has 2 unspecified atom stereocenters. The van der Waals surface area contributed by atoms with Gasteiger partial charge < -0.3 is 19.5 Å². The molecule has 4 rings (SSSR count). The first-order chi connectivity index (χ1) is 16.6. The lowest BCUT2D eigenvalue weighted by Crippen LogP contribution is -2.60. The first-order valence-electron chi connectivity index (χ1n) is 11.6. The van der Waals surface area contributed by atoms with E-state index in [0.717, 1.165) is 56.2 Å². The Kier molecular flexibility index (Phi) is 8.01. The topological polar surface area (TPSA) is 87.1 Å². The van der Waals surface area contributed by atoms with Gasteiger partial charge in [0, 0.05) is 39.3 Å². The standard InChI is InChI=1S/C26H32N4O4/c1-32-24-8-7-19(11-25(24)33-2)9-10-29-14-22-16-30(17-23(15-29)34-22)18-26(31)28-13-21-5-3-20(12-27)4-6-21/h3-8,11,22-23H,9-10,13-18H2,1-2H3,(H,28,31). The van der Waals surface area contributed by atoms with Crippen molar-refractivity contribution in [3.05, 3.63) is 59.2 Å². The van der Waals surface area contributed by atoms with Crippen molar-refractivity contribution in [2.75, 3.05) is 53.5 Å². The number of methoxy groups -OCH3 is 2. The zero-order valence-corrected chi connectivity index (χ0v) is 19.8. The number of fused-ring (bicyclic) bond motifs is 2.